The van der Waals surface area contributed by atoms with Crippen LogP contribution in [0.15, 0.2) is 0 Å². The quantitative estimate of drug-likeness (QED) is 0.707. The minimum absolute atomic E-state index is 1.19. The molecule has 76 valence electrons. The molecule has 0 heterocycles. The molecule has 0 unspecified atom stereocenters. The van der Waals surface area contributed by atoms with Gasteiger partial charge in [-0.3, -0.25) is 0 Å². The molecule has 0 N–H and O–H groups in total. The van der Waals surface area contributed by atoms with E-state index in [1.165, 1.54) is 19.6 Å². The van der Waals surface area contributed by atoms with Gasteiger partial charge in [0, 0.05) is 0 Å². The molecule has 0 aromatic carbocycles. The van der Waals surface area contributed by atoms with Gasteiger partial charge in [0.05, 0.1) is 0 Å². The second-order valence-corrected chi connectivity index (χ2v) is 17.5. The fraction of sp³-hybridized carbons (Fsp3) is 1.00. The Morgan fingerprint density at radius 2 is 1.00 bits per heavy atom. The molecule has 0 radical (unpaired) electrons. The van der Waals surface area contributed by atoms with Gasteiger partial charge >= 0.3 is 49.6 Å². The molecule has 0 atom stereocenters. The normalized spacial score (nSPS) is 11.0. The molecule has 0 amide bonds. The second kappa shape index (κ2) is 9.39. The Balaban J connectivity index is 0. The van der Waals surface area contributed by atoms with Crippen LogP contribution in [0.3, 0.4) is 0 Å². The molecule has 0 aliphatic carbocycles. The molecule has 6 heteroatoms. The van der Waals surface area contributed by atoms with E-state index in [1.54, 1.807) is 0 Å². The summed E-state index contributed by atoms with van der Waals surface area (Å²) in [7, 11) is 20.1. The third-order valence-electron chi connectivity index (χ3n) is 1.34. The molecule has 0 bridgehead atoms. The summed E-state index contributed by atoms with van der Waals surface area (Å²) in [4.78, 5) is 2.38. The number of nitrogens with zero attached hydrogens (tertiary/aromatic N) is 1. The molecule has 0 aliphatic heterocycles. The van der Waals surface area contributed by atoms with Crippen molar-refractivity contribution in [2.75, 3.05) is 19.6 Å². The first kappa shape index (κ1) is 16.3. The van der Waals surface area contributed by atoms with E-state index in [9.17, 15) is 0 Å². The minimum atomic E-state index is -3.11. The van der Waals surface area contributed by atoms with Gasteiger partial charge in [-0.2, -0.15) is 0 Å². The monoisotopic (exact) mass is 289 g/mol. The van der Waals surface area contributed by atoms with Gasteiger partial charge in [-0.1, -0.05) is 20.8 Å². The zero-order valence-electron chi connectivity index (χ0n) is 7.58. The van der Waals surface area contributed by atoms with Gasteiger partial charge in [-0.05, 0) is 19.6 Å². The number of halogens is 4. The van der Waals surface area contributed by atoms with Crippen LogP contribution in [-0.2, 0) is 12.3 Å². The molecule has 0 aromatic heterocycles. The van der Waals surface area contributed by atoms with Crippen LogP contribution in [0.4, 0.5) is 0 Å². The van der Waals surface area contributed by atoms with E-state index in [0.29, 0.717) is 0 Å². The Labute approximate surface area is 94.2 Å². The average Bonchev–Trinajstić information content (AvgIpc) is 1.88. The third-order valence-corrected chi connectivity index (χ3v) is 1.34. The predicted octanol–water partition coefficient (Wildman–Crippen LogP) is 4.10. The molecule has 0 fully saturated rings. The predicted molar refractivity (Wildman–Crippen MR) is 56.9 cm³/mol. The Bertz CT molecular complexity index is 80.5. The summed E-state index contributed by atoms with van der Waals surface area (Å²) >= 11 is -3.11. The van der Waals surface area contributed by atoms with Gasteiger partial charge in [0.1, 0.15) is 0 Å². The molecule has 0 saturated heterocycles. The fourth-order valence-corrected chi connectivity index (χ4v) is 0.671. The van der Waals surface area contributed by atoms with Gasteiger partial charge in [-0.15, -0.1) is 0 Å². The van der Waals surface area contributed by atoms with Crippen molar-refractivity contribution in [2.45, 2.75) is 20.8 Å². The van der Waals surface area contributed by atoms with Gasteiger partial charge in [0.2, 0.25) is 0 Å². The zero-order chi connectivity index (χ0) is 10.2. The van der Waals surface area contributed by atoms with E-state index in [4.69, 9.17) is 37.2 Å². The van der Waals surface area contributed by atoms with Crippen molar-refractivity contribution in [3.63, 3.8) is 0 Å². The van der Waals surface area contributed by atoms with E-state index in [1.807, 2.05) is 0 Å². The van der Waals surface area contributed by atoms with Gasteiger partial charge < -0.3 is 4.90 Å². The van der Waals surface area contributed by atoms with Crippen LogP contribution in [-0.4, -0.2) is 24.5 Å². The molecule has 0 aromatic rings. The van der Waals surface area contributed by atoms with E-state index < -0.39 is 12.3 Å². The first-order valence-corrected chi connectivity index (χ1v) is 12.4. The van der Waals surface area contributed by atoms with Crippen molar-refractivity contribution >= 4 is 37.2 Å². The maximum atomic E-state index is 5.01. The van der Waals surface area contributed by atoms with Crippen molar-refractivity contribution in [2.24, 2.45) is 0 Å². The standard InChI is InChI=1S/C6H15N.4ClH.Ti/c1-4-7(5-2)6-3;;;;;/h4-6H2,1-3H3;4*1H;/q;;;;;+4/p-4. The van der Waals surface area contributed by atoms with Crippen LogP contribution in [0, 0.1) is 0 Å². The fourth-order valence-electron chi connectivity index (χ4n) is 0.671. The Kier molecular flexibility index (Phi) is 12.7. The molecule has 0 saturated carbocycles. The van der Waals surface area contributed by atoms with E-state index in [2.05, 4.69) is 25.7 Å². The van der Waals surface area contributed by atoms with Crippen molar-refractivity contribution in [3.8, 4) is 0 Å². The van der Waals surface area contributed by atoms with Crippen LogP contribution in [0.5, 0.6) is 0 Å². The molecule has 1 nitrogen and oxygen atoms in total. The average molecular weight is 291 g/mol. The topological polar surface area (TPSA) is 3.24 Å². The number of rotatable bonds is 3. The summed E-state index contributed by atoms with van der Waals surface area (Å²) in [6, 6.07) is 0. The number of hydrogen-bond donors (Lipinski definition) is 0. The molecular weight excluding hydrogens is 276 g/mol. The second-order valence-electron chi connectivity index (χ2n) is 2.05. The molecule has 0 rings (SSSR count). The van der Waals surface area contributed by atoms with Crippen LogP contribution in [0.1, 0.15) is 20.8 Å². The maximum absolute atomic E-state index is 5.01. The summed E-state index contributed by atoms with van der Waals surface area (Å²) in [6.45, 7) is 10.1. The first-order valence-electron chi connectivity index (χ1n) is 3.83. The van der Waals surface area contributed by atoms with Gasteiger partial charge in [-0.25, -0.2) is 0 Å². The first-order chi connectivity index (χ1) is 5.35. The molecule has 12 heavy (non-hydrogen) atoms. The summed E-state index contributed by atoms with van der Waals surface area (Å²) in [5.74, 6) is 0. The van der Waals surface area contributed by atoms with Crippen LogP contribution >= 0.6 is 37.2 Å². The third kappa shape index (κ3) is 22.6. The molecule has 0 aliphatic rings. The van der Waals surface area contributed by atoms with Gasteiger partial charge in [0.25, 0.3) is 0 Å². The molecular formula is C6H15Cl4NTi. The van der Waals surface area contributed by atoms with E-state index in [0.717, 1.165) is 0 Å². The Hall–Kier alpha value is 1.83. The van der Waals surface area contributed by atoms with E-state index >= 15 is 0 Å². The van der Waals surface area contributed by atoms with Crippen molar-refractivity contribution in [1.82, 2.24) is 4.90 Å². The SMILES string of the molecule is CCN(CC)CC.[Cl][Ti]([Cl])([Cl])[Cl]. The van der Waals surface area contributed by atoms with Crippen molar-refractivity contribution in [3.05, 3.63) is 0 Å². The Morgan fingerprint density at radius 1 is 0.833 bits per heavy atom. The van der Waals surface area contributed by atoms with Crippen molar-refractivity contribution in [1.29, 1.82) is 0 Å². The van der Waals surface area contributed by atoms with Crippen LogP contribution < -0.4 is 0 Å². The summed E-state index contributed by atoms with van der Waals surface area (Å²) < 4.78 is 0. The molecule has 0 spiro atoms. The van der Waals surface area contributed by atoms with Crippen LogP contribution in [0.2, 0.25) is 0 Å². The van der Waals surface area contributed by atoms with Crippen LogP contribution in [0.25, 0.3) is 0 Å². The zero-order valence-corrected chi connectivity index (χ0v) is 12.2. The number of hydrogen-bond acceptors (Lipinski definition) is 1. The summed E-state index contributed by atoms with van der Waals surface area (Å²) in [6.07, 6.45) is 0. The summed E-state index contributed by atoms with van der Waals surface area (Å²) in [5.41, 5.74) is 0. The Morgan fingerprint density at radius 3 is 1.00 bits per heavy atom. The van der Waals surface area contributed by atoms with Gasteiger partial charge in [0.15, 0.2) is 0 Å². The van der Waals surface area contributed by atoms with E-state index in [-0.39, 0.29) is 0 Å². The summed E-state index contributed by atoms with van der Waals surface area (Å²) in [5, 5.41) is 0. The van der Waals surface area contributed by atoms with Crippen molar-refractivity contribution < 1.29 is 12.3 Å².